The Morgan fingerprint density at radius 1 is 1.33 bits per heavy atom. The third kappa shape index (κ3) is 3.28. The first-order valence-corrected chi connectivity index (χ1v) is 3.90. The van der Waals surface area contributed by atoms with Gasteiger partial charge in [-0.2, -0.15) is 0 Å². The molecule has 0 fully saturated rings. The van der Waals surface area contributed by atoms with Crippen LogP contribution in [0.25, 0.3) is 0 Å². The minimum Gasteiger partial charge on any atom is -0.545 e. The fourth-order valence-electron chi connectivity index (χ4n) is 0.406. The van der Waals surface area contributed by atoms with Crippen LogP contribution < -0.4 is 0 Å². The van der Waals surface area contributed by atoms with Gasteiger partial charge in [-0.25, -0.2) is 0 Å². The Hall–Kier alpha value is -0.475. The topological polar surface area (TPSA) is 38.7 Å². The van der Waals surface area contributed by atoms with E-state index in [9.17, 15) is 5.11 Å². The molecule has 0 bridgehead atoms. The lowest BCUT2D eigenvalue weighted by Crippen LogP contribution is -2.48. The van der Waals surface area contributed by atoms with Crippen LogP contribution in [0.15, 0.2) is 12.8 Å². The first kappa shape index (κ1) is 11.5. The molecule has 1 N–H and O–H groups in total. The van der Waals surface area contributed by atoms with Crippen LogP contribution >= 0.6 is 0 Å². The molecule has 0 rings (SSSR count). The third-order valence-electron chi connectivity index (χ3n) is 2.08. The number of hydrogen-bond donors (Lipinski definition) is 1. The van der Waals surface area contributed by atoms with Gasteiger partial charge in [0.15, 0.2) is 0 Å². The summed E-state index contributed by atoms with van der Waals surface area (Å²) < 4.78 is 10.1. The molecule has 4 heteroatoms. The van der Waals surface area contributed by atoms with Crippen LogP contribution in [0.2, 0.25) is 0 Å². The van der Waals surface area contributed by atoms with Crippen LogP contribution in [-0.2, 0) is 9.31 Å². The van der Waals surface area contributed by atoms with Crippen molar-refractivity contribution in [2.75, 3.05) is 0 Å². The fraction of sp³-hybridized carbons (Fsp3) is 0.750. The molecule has 0 unspecified atom stereocenters. The number of rotatable bonds is 5. The summed E-state index contributed by atoms with van der Waals surface area (Å²) in [5, 5.41) is 9.64. The predicted molar refractivity (Wildman–Crippen MR) is 49.9 cm³/mol. The first-order valence-electron chi connectivity index (χ1n) is 3.90. The second kappa shape index (κ2) is 3.96. The van der Waals surface area contributed by atoms with E-state index in [-0.39, 0.29) is 7.69 Å². The minimum atomic E-state index is -0.891. The van der Waals surface area contributed by atoms with Gasteiger partial charge in [-0.05, 0) is 27.7 Å². The zero-order valence-corrected chi connectivity index (χ0v) is 8.26. The molecule has 0 aliphatic heterocycles. The van der Waals surface area contributed by atoms with Crippen LogP contribution in [0.1, 0.15) is 27.7 Å². The van der Waals surface area contributed by atoms with Crippen molar-refractivity contribution < 1.29 is 14.4 Å². The van der Waals surface area contributed by atoms with Gasteiger partial charge in [0.2, 0.25) is 0 Å². The minimum absolute atomic E-state index is 0.112. The molecule has 70 valence electrons. The van der Waals surface area contributed by atoms with Crippen molar-refractivity contribution >= 4 is 7.69 Å². The number of hydrogen-bond acceptors (Lipinski definition) is 3. The zero-order valence-electron chi connectivity index (χ0n) is 8.26. The molecular formula is C8H17BO3. The van der Waals surface area contributed by atoms with Gasteiger partial charge < -0.3 is 14.4 Å². The van der Waals surface area contributed by atoms with E-state index in [0.29, 0.717) is 0 Å². The smallest absolute Gasteiger partial charge is 0.506 e. The Labute approximate surface area is 74.7 Å². The van der Waals surface area contributed by atoms with Crippen molar-refractivity contribution in [1.82, 2.24) is 0 Å². The normalized spacial score (nSPS) is 12.4. The van der Waals surface area contributed by atoms with Crippen molar-refractivity contribution in [3.05, 3.63) is 12.8 Å². The van der Waals surface area contributed by atoms with Gasteiger partial charge in [-0.3, -0.25) is 0 Å². The molecule has 0 saturated heterocycles. The van der Waals surface area contributed by atoms with Crippen LogP contribution in [0.4, 0.5) is 0 Å². The van der Waals surface area contributed by atoms with Crippen molar-refractivity contribution in [2.24, 2.45) is 0 Å². The Morgan fingerprint density at radius 2 is 1.83 bits per heavy atom. The van der Waals surface area contributed by atoms with Gasteiger partial charge >= 0.3 is 7.69 Å². The Kier molecular flexibility index (Phi) is 3.80. The molecule has 0 saturated carbocycles. The van der Waals surface area contributed by atoms with Crippen LogP contribution in [0.3, 0.4) is 0 Å². The molecular weight excluding hydrogens is 155 g/mol. The largest absolute Gasteiger partial charge is 0.545 e. The highest BCUT2D eigenvalue weighted by atomic mass is 16.6. The lowest BCUT2D eigenvalue weighted by molar-refractivity contribution is -0.0959. The average Bonchev–Trinajstić information content (AvgIpc) is 1.85. The van der Waals surface area contributed by atoms with Crippen LogP contribution in [0, 0.1) is 0 Å². The van der Waals surface area contributed by atoms with Crippen molar-refractivity contribution in [3.63, 3.8) is 0 Å². The summed E-state index contributed by atoms with van der Waals surface area (Å²) in [5.41, 5.74) is -1.52. The SMILES string of the molecule is C=COBOC(C)(C)C(C)(C)O. The lowest BCUT2D eigenvalue weighted by Gasteiger charge is -2.36. The summed E-state index contributed by atoms with van der Waals surface area (Å²) in [7, 11) is 0.112. The molecule has 0 atom stereocenters. The monoisotopic (exact) mass is 172 g/mol. The average molecular weight is 172 g/mol. The van der Waals surface area contributed by atoms with E-state index < -0.39 is 11.2 Å². The fourth-order valence-corrected chi connectivity index (χ4v) is 0.406. The molecule has 0 aromatic carbocycles. The van der Waals surface area contributed by atoms with Crippen molar-refractivity contribution in [2.45, 2.75) is 38.9 Å². The maximum atomic E-state index is 9.64. The van der Waals surface area contributed by atoms with Crippen molar-refractivity contribution in [1.29, 1.82) is 0 Å². The van der Waals surface area contributed by atoms with Crippen LogP contribution in [0.5, 0.6) is 0 Å². The summed E-state index contributed by atoms with van der Waals surface area (Å²) in [6.07, 6.45) is 1.31. The van der Waals surface area contributed by atoms with Gasteiger partial charge in [0.25, 0.3) is 0 Å². The molecule has 12 heavy (non-hydrogen) atoms. The second-order valence-electron chi connectivity index (χ2n) is 3.66. The maximum Gasteiger partial charge on any atom is 0.506 e. The molecule has 0 radical (unpaired) electrons. The van der Waals surface area contributed by atoms with E-state index in [2.05, 4.69) is 6.58 Å². The zero-order chi connectivity index (χ0) is 9.83. The Morgan fingerprint density at radius 3 is 2.17 bits per heavy atom. The van der Waals surface area contributed by atoms with Gasteiger partial charge in [0.1, 0.15) is 0 Å². The molecule has 0 aliphatic carbocycles. The molecule has 0 amide bonds. The summed E-state index contributed by atoms with van der Waals surface area (Å²) in [5.74, 6) is 0. The van der Waals surface area contributed by atoms with E-state index >= 15 is 0 Å². The van der Waals surface area contributed by atoms with Crippen LogP contribution in [-0.4, -0.2) is 24.0 Å². The Balaban J connectivity index is 3.95. The first-order chi connectivity index (χ1) is 5.31. The predicted octanol–water partition coefficient (Wildman–Crippen LogP) is 0.979. The third-order valence-corrected chi connectivity index (χ3v) is 2.08. The Bertz CT molecular complexity index is 149. The lowest BCUT2D eigenvalue weighted by atomic mass is 9.89. The van der Waals surface area contributed by atoms with E-state index in [1.54, 1.807) is 27.7 Å². The molecule has 0 aromatic rings. The van der Waals surface area contributed by atoms with E-state index in [4.69, 9.17) is 9.31 Å². The van der Waals surface area contributed by atoms with Gasteiger partial charge in [0.05, 0.1) is 17.5 Å². The van der Waals surface area contributed by atoms with E-state index in [0.717, 1.165) is 0 Å². The summed E-state index contributed by atoms with van der Waals surface area (Å²) in [6, 6.07) is 0. The maximum absolute atomic E-state index is 9.64. The van der Waals surface area contributed by atoms with Gasteiger partial charge in [0, 0.05) is 0 Å². The molecule has 0 aliphatic rings. The van der Waals surface area contributed by atoms with Gasteiger partial charge in [-0.1, -0.05) is 6.58 Å². The van der Waals surface area contributed by atoms with E-state index in [1.807, 2.05) is 0 Å². The highest BCUT2D eigenvalue weighted by Gasteiger charge is 2.35. The number of aliphatic hydroxyl groups is 1. The molecule has 0 spiro atoms. The highest BCUT2D eigenvalue weighted by molar-refractivity contribution is 6.18. The summed E-state index contributed by atoms with van der Waals surface area (Å²) in [4.78, 5) is 0. The van der Waals surface area contributed by atoms with E-state index in [1.165, 1.54) is 6.26 Å². The molecule has 0 aromatic heterocycles. The van der Waals surface area contributed by atoms with Gasteiger partial charge in [-0.15, -0.1) is 0 Å². The highest BCUT2D eigenvalue weighted by Crippen LogP contribution is 2.24. The standard InChI is InChI=1S/C8H17BO3/c1-6-11-9-12-8(4,5)7(2,3)10/h6,9-10H,1H2,2-5H3. The molecule has 3 nitrogen and oxygen atoms in total. The molecule has 0 heterocycles. The second-order valence-corrected chi connectivity index (χ2v) is 3.66. The quantitative estimate of drug-likeness (QED) is 0.381. The summed E-state index contributed by atoms with van der Waals surface area (Å²) in [6.45, 7) is 10.4. The summed E-state index contributed by atoms with van der Waals surface area (Å²) >= 11 is 0. The van der Waals surface area contributed by atoms with Crippen molar-refractivity contribution in [3.8, 4) is 0 Å².